The highest BCUT2D eigenvalue weighted by Gasteiger charge is 2.41. The summed E-state index contributed by atoms with van der Waals surface area (Å²) in [5.41, 5.74) is 5.31. The normalized spacial score (nSPS) is 17.1. The van der Waals surface area contributed by atoms with E-state index in [1.54, 1.807) is 12.1 Å². The zero-order valence-electron chi connectivity index (χ0n) is 35.9. The van der Waals surface area contributed by atoms with E-state index in [9.17, 15) is 32.3 Å². The highest BCUT2D eigenvalue weighted by molar-refractivity contribution is 6.74. The van der Waals surface area contributed by atoms with E-state index in [2.05, 4.69) is 33.9 Å². The summed E-state index contributed by atoms with van der Waals surface area (Å²) >= 11 is 0. The molecule has 62 heavy (non-hydrogen) atoms. The van der Waals surface area contributed by atoms with E-state index >= 15 is 0 Å². The lowest BCUT2D eigenvalue weighted by Crippen LogP contribution is -2.47. The van der Waals surface area contributed by atoms with Crippen LogP contribution in [-0.2, 0) is 49.5 Å². The lowest BCUT2D eigenvalue weighted by molar-refractivity contribution is -0.155. The zero-order valence-corrected chi connectivity index (χ0v) is 36.9. The highest BCUT2D eigenvalue weighted by atomic mass is 28.4. The number of alkyl halides is 4. The molecule has 0 bridgehead atoms. The SMILES string of the molecule is C.CC(C)(C)[Si](C)(C)O[C@H](Cc1ccc(N2CCC(F)(F)CC2)cc1)C(=O)OCc1ccccc1.O=C(OCc1ccccc1)[C@H](O)Cc1ccc(N2CCC(F)(F)CC2)cc1. The third kappa shape index (κ3) is 15.3. The molecule has 0 saturated carbocycles. The molecule has 0 aliphatic carbocycles. The largest absolute Gasteiger partial charge is 0.459 e. The van der Waals surface area contributed by atoms with Crippen molar-refractivity contribution in [3.05, 3.63) is 131 Å². The molecule has 2 aliphatic rings. The van der Waals surface area contributed by atoms with Crippen molar-refractivity contribution in [2.24, 2.45) is 0 Å². The van der Waals surface area contributed by atoms with Gasteiger partial charge in [0.25, 0.3) is 11.8 Å². The third-order valence-corrected chi connectivity index (χ3v) is 16.2. The van der Waals surface area contributed by atoms with Crippen molar-refractivity contribution < 1.29 is 46.2 Å². The van der Waals surface area contributed by atoms with Crippen LogP contribution in [0.4, 0.5) is 28.9 Å². The van der Waals surface area contributed by atoms with E-state index in [-0.39, 0.29) is 63.8 Å². The maximum absolute atomic E-state index is 13.5. The highest BCUT2D eigenvalue weighted by Crippen LogP contribution is 2.38. The monoisotopic (exact) mass is 880 g/mol. The molecule has 0 unspecified atom stereocenters. The molecule has 2 atom stereocenters. The van der Waals surface area contributed by atoms with Crippen LogP contribution in [0.15, 0.2) is 109 Å². The standard InChI is InChI=1S/C27H37F2NO3Si.C21H23F2NO3.CH4/c1-26(2,3)34(4,5)33-24(25(31)32-20-22-9-7-6-8-10-22)19-21-11-13-23(14-12-21)30-17-15-27(28,29)16-18-30;22-21(23)10-12-24(13-11-21)18-8-6-16(7-9-18)14-19(25)20(26)27-15-17-4-2-1-3-5-17;/h6-14,24H,15-20H2,1-5H3;1-9,19,25H,10-15H2;1H4/t24-;19-;/m11./s1. The van der Waals surface area contributed by atoms with Gasteiger partial charge in [-0.2, -0.15) is 0 Å². The van der Waals surface area contributed by atoms with Gasteiger partial charge in [-0.15, -0.1) is 0 Å². The van der Waals surface area contributed by atoms with Crippen LogP contribution in [0, 0.1) is 0 Å². The maximum atomic E-state index is 13.5. The van der Waals surface area contributed by atoms with Gasteiger partial charge in [0.2, 0.25) is 0 Å². The van der Waals surface area contributed by atoms with Crippen molar-refractivity contribution in [3.63, 3.8) is 0 Å². The summed E-state index contributed by atoms with van der Waals surface area (Å²) in [6, 6.07) is 33.9. The molecule has 2 heterocycles. The first-order valence-electron chi connectivity index (χ1n) is 21.0. The molecule has 0 radical (unpaired) electrons. The van der Waals surface area contributed by atoms with Gasteiger partial charge in [0.15, 0.2) is 14.4 Å². The summed E-state index contributed by atoms with van der Waals surface area (Å²) in [6.45, 7) is 12.3. The predicted octanol–water partition coefficient (Wildman–Crippen LogP) is 10.8. The second-order valence-electron chi connectivity index (χ2n) is 17.5. The van der Waals surface area contributed by atoms with Crippen LogP contribution >= 0.6 is 0 Å². The molecular weight excluding hydrogens is 817 g/mol. The number of benzene rings is 4. The Hall–Kier alpha value is -4.72. The number of esters is 2. The topological polar surface area (TPSA) is 88.5 Å². The van der Waals surface area contributed by atoms with Crippen molar-refractivity contribution in [2.45, 2.75) is 122 Å². The molecule has 4 aromatic rings. The van der Waals surface area contributed by atoms with Gasteiger partial charge in [0.05, 0.1) is 0 Å². The van der Waals surface area contributed by atoms with Crippen LogP contribution in [0.3, 0.4) is 0 Å². The predicted molar refractivity (Wildman–Crippen MR) is 240 cm³/mol. The molecule has 0 spiro atoms. The number of hydrogen-bond acceptors (Lipinski definition) is 8. The Morgan fingerprint density at radius 1 is 0.613 bits per heavy atom. The minimum atomic E-state index is -2.57. The average molecular weight is 881 g/mol. The number of carbonyl (C=O) groups excluding carboxylic acids is 2. The zero-order chi connectivity index (χ0) is 44.3. The van der Waals surface area contributed by atoms with E-state index in [0.29, 0.717) is 32.6 Å². The molecule has 1 N–H and O–H groups in total. The van der Waals surface area contributed by atoms with Crippen molar-refractivity contribution in [3.8, 4) is 0 Å². The summed E-state index contributed by atoms with van der Waals surface area (Å²) in [4.78, 5) is 28.9. The molecule has 0 amide bonds. The van der Waals surface area contributed by atoms with E-state index in [1.165, 1.54) is 0 Å². The Bertz CT molecular complexity index is 1960. The van der Waals surface area contributed by atoms with Gasteiger partial charge in [-0.3, -0.25) is 0 Å². The first kappa shape index (κ1) is 49.9. The second-order valence-corrected chi connectivity index (χ2v) is 22.3. The number of rotatable bonds is 14. The van der Waals surface area contributed by atoms with E-state index in [1.807, 2.05) is 107 Å². The van der Waals surface area contributed by atoms with Crippen molar-refractivity contribution in [2.75, 3.05) is 36.0 Å². The smallest absolute Gasteiger partial charge is 0.335 e. The quantitative estimate of drug-likeness (QED) is 0.0761. The van der Waals surface area contributed by atoms with Gasteiger partial charge in [-0.1, -0.05) is 113 Å². The number of piperidine rings is 2. The molecule has 338 valence electrons. The van der Waals surface area contributed by atoms with E-state index < -0.39 is 38.3 Å². The summed E-state index contributed by atoms with van der Waals surface area (Å²) in [6.07, 6.45) is -1.92. The van der Waals surface area contributed by atoms with Crippen molar-refractivity contribution in [1.82, 2.24) is 0 Å². The Labute approximate surface area is 366 Å². The average Bonchev–Trinajstić information content (AvgIpc) is 3.23. The van der Waals surface area contributed by atoms with Crippen molar-refractivity contribution >= 4 is 31.6 Å². The second kappa shape index (κ2) is 22.1. The molecule has 6 rings (SSSR count). The Kier molecular flexibility index (Phi) is 17.8. The van der Waals surface area contributed by atoms with Gasteiger partial charge < -0.3 is 28.8 Å². The van der Waals surface area contributed by atoms with Gasteiger partial charge in [0.1, 0.15) is 19.3 Å². The number of aliphatic hydroxyl groups is 1. The van der Waals surface area contributed by atoms with Crippen LogP contribution in [0.2, 0.25) is 18.1 Å². The number of aliphatic hydroxyl groups excluding tert-OH is 1. The summed E-state index contributed by atoms with van der Waals surface area (Å²) in [5, 5.41) is 10.0. The first-order valence-corrected chi connectivity index (χ1v) is 23.9. The Balaban J connectivity index is 0.000000275. The van der Waals surface area contributed by atoms with Gasteiger partial charge in [-0.05, 0) is 64.7 Å². The minimum absolute atomic E-state index is 0. The van der Waals surface area contributed by atoms with E-state index in [4.69, 9.17) is 13.9 Å². The molecule has 13 heteroatoms. The molecule has 2 aliphatic heterocycles. The fourth-order valence-electron chi connectivity index (χ4n) is 6.74. The number of halogens is 4. The summed E-state index contributed by atoms with van der Waals surface area (Å²) < 4.78 is 70.7. The summed E-state index contributed by atoms with van der Waals surface area (Å²) in [7, 11) is -2.22. The number of anilines is 2. The van der Waals surface area contributed by atoms with Crippen LogP contribution in [-0.4, -0.2) is 75.6 Å². The van der Waals surface area contributed by atoms with E-state index in [0.717, 1.165) is 33.6 Å². The molecule has 8 nitrogen and oxygen atoms in total. The number of carbonyl (C=O) groups is 2. The Morgan fingerprint density at radius 3 is 1.37 bits per heavy atom. The van der Waals surface area contributed by atoms with Crippen LogP contribution in [0.1, 0.15) is 76.1 Å². The third-order valence-electron chi connectivity index (χ3n) is 11.7. The molecule has 2 fully saturated rings. The maximum Gasteiger partial charge on any atom is 0.335 e. The van der Waals surface area contributed by atoms with Gasteiger partial charge in [0, 0.05) is 76.1 Å². The lowest BCUT2D eigenvalue weighted by Gasteiger charge is -2.38. The van der Waals surface area contributed by atoms with Crippen LogP contribution < -0.4 is 9.80 Å². The molecule has 0 aromatic heterocycles. The lowest BCUT2D eigenvalue weighted by atomic mass is 10.0. The van der Waals surface area contributed by atoms with Crippen molar-refractivity contribution in [1.29, 1.82) is 0 Å². The number of hydrogen-bond donors (Lipinski definition) is 1. The fourth-order valence-corrected chi connectivity index (χ4v) is 7.99. The van der Waals surface area contributed by atoms with Gasteiger partial charge >= 0.3 is 11.9 Å². The Morgan fingerprint density at radius 2 is 0.984 bits per heavy atom. The molecule has 4 aromatic carbocycles. The summed E-state index contributed by atoms with van der Waals surface area (Å²) in [5.74, 6) is -6.16. The fraction of sp³-hybridized carbons (Fsp3) is 0.469. The molecule has 2 saturated heterocycles. The molecular formula is C49H64F4N2O6Si. The minimum Gasteiger partial charge on any atom is -0.459 e. The number of ether oxygens (including phenoxy) is 2. The van der Waals surface area contributed by atoms with Crippen LogP contribution in [0.5, 0.6) is 0 Å². The van der Waals surface area contributed by atoms with Crippen LogP contribution in [0.25, 0.3) is 0 Å². The first-order chi connectivity index (χ1) is 28.8. The number of nitrogens with zero attached hydrogens (tertiary/aromatic N) is 2. The van der Waals surface area contributed by atoms with Gasteiger partial charge in [-0.25, -0.2) is 27.2 Å².